The van der Waals surface area contributed by atoms with Crippen LogP contribution < -0.4 is 5.32 Å². The maximum Gasteiger partial charge on any atom is 0.416 e. The minimum atomic E-state index is -4.78. The number of carboxylic acid groups (broad SMARTS) is 1. The summed E-state index contributed by atoms with van der Waals surface area (Å²) in [7, 11) is 0. The third kappa shape index (κ3) is 3.93. The lowest BCUT2D eigenvalue weighted by Crippen LogP contribution is -2.56. The van der Waals surface area contributed by atoms with E-state index in [4.69, 9.17) is 14.9 Å². The largest absolute Gasteiger partial charge is 0.477 e. The van der Waals surface area contributed by atoms with Crippen molar-refractivity contribution in [3.05, 3.63) is 23.4 Å². The van der Waals surface area contributed by atoms with Gasteiger partial charge in [0, 0.05) is 0 Å². The van der Waals surface area contributed by atoms with Gasteiger partial charge in [-0.15, -0.1) is 0 Å². The highest BCUT2D eigenvalue weighted by Gasteiger charge is 2.39. The van der Waals surface area contributed by atoms with E-state index in [1.807, 2.05) is 0 Å². The van der Waals surface area contributed by atoms with E-state index >= 15 is 0 Å². The summed E-state index contributed by atoms with van der Waals surface area (Å²) in [4.78, 5) is 14.5. The lowest BCUT2D eigenvalue weighted by atomic mass is 9.98. The predicted molar refractivity (Wildman–Crippen MR) is 72.4 cm³/mol. The van der Waals surface area contributed by atoms with Crippen molar-refractivity contribution in [1.82, 2.24) is 4.98 Å². The zero-order chi connectivity index (χ0) is 18.1. The van der Waals surface area contributed by atoms with Crippen LogP contribution in [0.15, 0.2) is 12.1 Å². The number of hydrogen-bond donors (Lipinski definition) is 5. The number of aromatic nitrogens is 1. The van der Waals surface area contributed by atoms with Gasteiger partial charge in [0.05, 0.1) is 24.8 Å². The van der Waals surface area contributed by atoms with Crippen molar-refractivity contribution in [1.29, 1.82) is 0 Å². The van der Waals surface area contributed by atoms with E-state index in [0.29, 0.717) is 12.1 Å². The van der Waals surface area contributed by atoms with Gasteiger partial charge in [0.1, 0.15) is 24.1 Å². The van der Waals surface area contributed by atoms with E-state index in [1.165, 1.54) is 0 Å². The highest BCUT2D eigenvalue weighted by molar-refractivity contribution is 5.86. The Hall–Kier alpha value is -1.95. The summed E-state index contributed by atoms with van der Waals surface area (Å²) in [5, 5.41) is 39.9. The van der Waals surface area contributed by atoms with Gasteiger partial charge in [0.15, 0.2) is 5.69 Å². The summed E-state index contributed by atoms with van der Waals surface area (Å²) in [6, 6.07) is -0.0674. The molecule has 1 aromatic rings. The third-order valence-electron chi connectivity index (χ3n) is 3.52. The Balaban J connectivity index is 2.26. The number of anilines is 1. The van der Waals surface area contributed by atoms with Crippen molar-refractivity contribution in [2.24, 2.45) is 0 Å². The summed E-state index contributed by atoms with van der Waals surface area (Å²) in [6.07, 6.45) is -8.74. The minimum Gasteiger partial charge on any atom is -0.477 e. The van der Waals surface area contributed by atoms with Crippen LogP contribution in [0.2, 0.25) is 0 Å². The van der Waals surface area contributed by atoms with Crippen LogP contribution in [0.4, 0.5) is 19.0 Å². The van der Waals surface area contributed by atoms with Crippen LogP contribution in [-0.4, -0.2) is 68.9 Å². The van der Waals surface area contributed by atoms with Crippen molar-refractivity contribution in [3.63, 3.8) is 0 Å². The van der Waals surface area contributed by atoms with Gasteiger partial charge in [-0.1, -0.05) is 0 Å². The molecule has 0 spiro atoms. The molecule has 134 valence electrons. The Morgan fingerprint density at radius 2 is 2.00 bits per heavy atom. The van der Waals surface area contributed by atoms with E-state index in [0.717, 1.165) is 0 Å². The van der Waals surface area contributed by atoms with Gasteiger partial charge >= 0.3 is 12.1 Å². The van der Waals surface area contributed by atoms with Crippen molar-refractivity contribution < 1.29 is 43.1 Å². The average Bonchev–Trinajstić information content (AvgIpc) is 2.51. The molecule has 5 N–H and O–H groups in total. The molecule has 0 aromatic carbocycles. The summed E-state index contributed by atoms with van der Waals surface area (Å²) in [6.45, 7) is -0.778. The normalized spacial score (nSPS) is 27.8. The molecular formula is C13H15F3N2O6. The van der Waals surface area contributed by atoms with Gasteiger partial charge in [-0.3, -0.25) is 0 Å². The zero-order valence-corrected chi connectivity index (χ0v) is 12.1. The molecule has 0 unspecified atom stereocenters. The molecule has 4 atom stereocenters. The topological polar surface area (TPSA) is 132 Å². The van der Waals surface area contributed by atoms with Crippen molar-refractivity contribution in [2.75, 3.05) is 18.5 Å². The first-order valence-corrected chi connectivity index (χ1v) is 6.81. The lowest BCUT2D eigenvalue weighted by molar-refractivity contribution is -0.152. The Morgan fingerprint density at radius 3 is 2.54 bits per heavy atom. The molecule has 8 nitrogen and oxygen atoms in total. The van der Waals surface area contributed by atoms with Crippen molar-refractivity contribution in [3.8, 4) is 0 Å². The molecule has 1 aliphatic rings. The fourth-order valence-electron chi connectivity index (χ4n) is 2.24. The summed E-state index contributed by atoms with van der Waals surface area (Å²) in [5.74, 6) is -2.09. The number of nitrogens with one attached hydrogen (secondary N) is 1. The highest BCUT2D eigenvalue weighted by atomic mass is 19.4. The second-order valence-electron chi connectivity index (χ2n) is 5.22. The smallest absolute Gasteiger partial charge is 0.416 e. The molecular weight excluding hydrogens is 337 g/mol. The number of carbonyl (C=O) groups is 1. The molecule has 1 fully saturated rings. The standard InChI is InChI=1S/C13H15F3N2O6/c14-13(15,16)5-1-6(12(22)23)17-9(2-5)18-7-4-24-8(3-19)11(21)10(7)20/h1-2,7-8,10-11,19-21H,3-4H2,(H,17,18)(H,22,23)/t7-,8+,10+,11-/m0/s1. The van der Waals surface area contributed by atoms with Gasteiger partial charge in [0.25, 0.3) is 0 Å². The maximum absolute atomic E-state index is 12.8. The molecule has 1 saturated heterocycles. The summed E-state index contributed by atoms with van der Waals surface area (Å²) in [5.41, 5.74) is -2.05. The molecule has 0 bridgehead atoms. The van der Waals surface area contributed by atoms with Gasteiger partial charge in [-0.2, -0.15) is 13.2 Å². The summed E-state index contributed by atoms with van der Waals surface area (Å²) < 4.78 is 43.6. The first-order chi connectivity index (χ1) is 11.1. The molecule has 0 saturated carbocycles. The summed E-state index contributed by atoms with van der Waals surface area (Å²) >= 11 is 0. The fourth-order valence-corrected chi connectivity index (χ4v) is 2.24. The highest BCUT2D eigenvalue weighted by Crippen LogP contribution is 2.31. The number of aliphatic hydroxyl groups is 3. The van der Waals surface area contributed by atoms with Gasteiger partial charge in [0.2, 0.25) is 0 Å². The van der Waals surface area contributed by atoms with E-state index in [-0.39, 0.29) is 6.61 Å². The zero-order valence-electron chi connectivity index (χ0n) is 12.1. The SMILES string of the molecule is O=C(O)c1cc(C(F)(F)F)cc(N[C@H]2CO[C@H](CO)[C@H](O)[C@@H]2O)n1. The number of carboxylic acids is 1. The van der Waals surface area contributed by atoms with E-state index < -0.39 is 60.2 Å². The molecule has 2 rings (SSSR count). The first kappa shape index (κ1) is 18.4. The molecule has 24 heavy (non-hydrogen) atoms. The molecule has 2 heterocycles. The number of halogens is 3. The number of pyridine rings is 1. The quantitative estimate of drug-likeness (QED) is 0.499. The maximum atomic E-state index is 12.8. The molecule has 11 heteroatoms. The van der Waals surface area contributed by atoms with Crippen molar-refractivity contribution in [2.45, 2.75) is 30.5 Å². The molecule has 0 radical (unpaired) electrons. The molecule has 0 amide bonds. The van der Waals surface area contributed by atoms with Crippen LogP contribution in [-0.2, 0) is 10.9 Å². The van der Waals surface area contributed by atoms with E-state index in [2.05, 4.69) is 10.3 Å². The Morgan fingerprint density at radius 1 is 1.33 bits per heavy atom. The second-order valence-corrected chi connectivity index (χ2v) is 5.22. The minimum absolute atomic E-state index is 0.232. The fraction of sp³-hybridized carbons (Fsp3) is 0.538. The Bertz CT molecular complexity index is 612. The van der Waals surface area contributed by atoms with Crippen LogP contribution in [0.1, 0.15) is 16.1 Å². The molecule has 1 aromatic heterocycles. The van der Waals surface area contributed by atoms with E-state index in [9.17, 15) is 28.2 Å². The first-order valence-electron chi connectivity index (χ1n) is 6.81. The van der Waals surface area contributed by atoms with Crippen LogP contribution in [0, 0.1) is 0 Å². The van der Waals surface area contributed by atoms with E-state index in [1.54, 1.807) is 0 Å². The van der Waals surface area contributed by atoms with Gasteiger partial charge < -0.3 is 30.5 Å². The average molecular weight is 352 g/mol. The second kappa shape index (κ2) is 6.89. The van der Waals surface area contributed by atoms with Crippen LogP contribution in [0.3, 0.4) is 0 Å². The van der Waals surface area contributed by atoms with Gasteiger partial charge in [-0.25, -0.2) is 9.78 Å². The third-order valence-corrected chi connectivity index (χ3v) is 3.52. The van der Waals surface area contributed by atoms with Crippen LogP contribution in [0.25, 0.3) is 0 Å². The van der Waals surface area contributed by atoms with Crippen molar-refractivity contribution >= 4 is 11.8 Å². The molecule has 0 aliphatic carbocycles. The lowest BCUT2D eigenvalue weighted by Gasteiger charge is -2.37. The Labute approximate surface area is 133 Å². The number of rotatable bonds is 4. The van der Waals surface area contributed by atoms with Gasteiger partial charge in [-0.05, 0) is 12.1 Å². The number of nitrogens with zero attached hydrogens (tertiary/aromatic N) is 1. The number of alkyl halides is 3. The monoisotopic (exact) mass is 352 g/mol. The molecule has 1 aliphatic heterocycles. The van der Waals surface area contributed by atoms with Crippen LogP contribution >= 0.6 is 0 Å². The number of ether oxygens (including phenoxy) is 1. The number of hydrogen-bond acceptors (Lipinski definition) is 7. The predicted octanol–water partition coefficient (Wildman–Crippen LogP) is -0.308. The Kier molecular flexibility index (Phi) is 5.28. The number of aromatic carboxylic acids is 1. The van der Waals surface area contributed by atoms with Crippen LogP contribution in [0.5, 0.6) is 0 Å². The number of aliphatic hydroxyl groups excluding tert-OH is 3.